The van der Waals surface area contributed by atoms with E-state index in [1.807, 2.05) is 35.2 Å². The lowest BCUT2D eigenvalue weighted by atomic mass is 9.84. The van der Waals surface area contributed by atoms with E-state index in [2.05, 4.69) is 0 Å². The smallest absolute Gasteiger partial charge is 0.385 e. The van der Waals surface area contributed by atoms with E-state index in [1.165, 1.54) is 17.0 Å². The van der Waals surface area contributed by atoms with Crippen molar-refractivity contribution < 1.29 is 41.0 Å². The fourth-order valence-corrected chi connectivity index (χ4v) is 6.24. The second kappa shape index (κ2) is 13.1. The molecule has 2 aliphatic rings. The van der Waals surface area contributed by atoms with E-state index in [4.69, 9.17) is 23.2 Å². The first-order chi connectivity index (χ1) is 21.5. The van der Waals surface area contributed by atoms with Gasteiger partial charge in [-0.2, -0.15) is 26.3 Å². The molecule has 1 N–H and O–H groups in total. The van der Waals surface area contributed by atoms with Crippen molar-refractivity contribution in [1.82, 2.24) is 14.7 Å². The van der Waals surface area contributed by atoms with Crippen molar-refractivity contribution in [3.05, 3.63) is 105 Å². The van der Waals surface area contributed by atoms with Crippen LogP contribution < -0.4 is 0 Å². The van der Waals surface area contributed by atoms with Gasteiger partial charge in [0, 0.05) is 38.3 Å². The fourth-order valence-electron chi connectivity index (χ4n) is 5.93. The first-order valence-electron chi connectivity index (χ1n) is 14.4. The van der Waals surface area contributed by atoms with Crippen molar-refractivity contribution >= 4 is 35.0 Å². The van der Waals surface area contributed by atoms with E-state index >= 15 is 0 Å². The Morgan fingerprint density at radius 3 is 1.98 bits per heavy atom. The number of nitrogens with zero attached hydrogens (tertiary/aromatic N) is 3. The number of aliphatic hydroxyl groups is 1. The van der Waals surface area contributed by atoms with E-state index in [0.29, 0.717) is 43.6 Å². The molecule has 2 aliphatic heterocycles. The van der Waals surface area contributed by atoms with Gasteiger partial charge in [-0.25, -0.2) is 0 Å². The van der Waals surface area contributed by atoms with Crippen molar-refractivity contribution in [1.29, 1.82) is 0 Å². The maximum absolute atomic E-state index is 13.7. The monoisotopic (exact) mass is 687 g/mol. The number of rotatable bonds is 5. The zero-order valence-corrected chi connectivity index (χ0v) is 25.7. The van der Waals surface area contributed by atoms with Gasteiger partial charge in [0.25, 0.3) is 5.91 Å². The zero-order chi connectivity index (χ0) is 33.4. The van der Waals surface area contributed by atoms with Crippen LogP contribution in [0.1, 0.15) is 51.5 Å². The summed E-state index contributed by atoms with van der Waals surface area (Å²) in [6.45, 7) is 0.484. The van der Waals surface area contributed by atoms with Gasteiger partial charge in [-0.05, 0) is 54.3 Å². The van der Waals surface area contributed by atoms with Crippen LogP contribution in [0.5, 0.6) is 0 Å². The standard InChI is InChI=1S/C32H29Cl2F6N3O3/c33-25-7-6-20(16-26(25)34)27-18-42(29(45)21-14-23(31(35,36)37)17-24(15-21)32(38,39)40)12-13-43(27)28(44)19-41-10-8-30(46,9-11-41)22-4-2-1-3-5-22/h1-7,14-17,27,46H,8-13,18-19H2. The van der Waals surface area contributed by atoms with Crippen LogP contribution in [0.2, 0.25) is 10.0 Å². The van der Waals surface area contributed by atoms with Crippen LogP contribution in [-0.4, -0.2) is 70.9 Å². The Morgan fingerprint density at radius 1 is 0.804 bits per heavy atom. The molecule has 2 saturated heterocycles. The highest BCUT2D eigenvalue weighted by molar-refractivity contribution is 6.42. The Hall–Kier alpha value is -3.32. The van der Waals surface area contributed by atoms with Gasteiger partial charge in [-0.1, -0.05) is 59.6 Å². The first-order valence-corrected chi connectivity index (χ1v) is 15.1. The summed E-state index contributed by atoms with van der Waals surface area (Å²) >= 11 is 12.3. The number of amides is 2. The number of hydrogen-bond acceptors (Lipinski definition) is 4. The lowest BCUT2D eigenvalue weighted by molar-refractivity contribution is -0.143. The van der Waals surface area contributed by atoms with Crippen LogP contribution >= 0.6 is 23.2 Å². The van der Waals surface area contributed by atoms with Crippen molar-refractivity contribution in [3.8, 4) is 0 Å². The number of piperazine rings is 1. The molecule has 0 spiro atoms. The molecule has 0 aliphatic carbocycles. The van der Waals surface area contributed by atoms with Gasteiger partial charge in [0.1, 0.15) is 0 Å². The van der Waals surface area contributed by atoms with Gasteiger partial charge in [0.15, 0.2) is 0 Å². The third kappa shape index (κ3) is 7.46. The molecule has 3 aromatic carbocycles. The maximum Gasteiger partial charge on any atom is 0.416 e. The van der Waals surface area contributed by atoms with Gasteiger partial charge < -0.3 is 14.9 Å². The summed E-state index contributed by atoms with van der Waals surface area (Å²) < 4.78 is 80.9. The fraction of sp³-hybridized carbons (Fsp3) is 0.375. The largest absolute Gasteiger partial charge is 0.416 e. The summed E-state index contributed by atoms with van der Waals surface area (Å²) in [5, 5.41) is 11.6. The van der Waals surface area contributed by atoms with Crippen LogP contribution in [0.3, 0.4) is 0 Å². The zero-order valence-electron chi connectivity index (χ0n) is 24.2. The van der Waals surface area contributed by atoms with Crippen molar-refractivity contribution in [3.63, 3.8) is 0 Å². The molecule has 0 bridgehead atoms. The van der Waals surface area contributed by atoms with Gasteiger partial charge in [-0.3, -0.25) is 14.5 Å². The summed E-state index contributed by atoms with van der Waals surface area (Å²) in [5.41, 5.74) is -3.71. The molecule has 2 heterocycles. The molecule has 0 aromatic heterocycles. The van der Waals surface area contributed by atoms with Crippen molar-refractivity contribution in [2.24, 2.45) is 0 Å². The highest BCUT2D eigenvalue weighted by atomic mass is 35.5. The molecule has 46 heavy (non-hydrogen) atoms. The molecule has 6 nitrogen and oxygen atoms in total. The molecule has 14 heteroatoms. The molecule has 1 atom stereocenters. The Bertz CT molecular complexity index is 1560. The lowest BCUT2D eigenvalue weighted by Crippen LogP contribution is -2.55. The van der Waals surface area contributed by atoms with Crippen LogP contribution in [-0.2, 0) is 22.7 Å². The normalized spacial score (nSPS) is 19.3. The van der Waals surface area contributed by atoms with Crippen LogP contribution in [0.4, 0.5) is 26.3 Å². The van der Waals surface area contributed by atoms with Gasteiger partial charge in [-0.15, -0.1) is 0 Å². The number of benzene rings is 3. The molecular formula is C32H29Cl2F6N3O3. The molecule has 246 valence electrons. The minimum atomic E-state index is -5.12. The van der Waals surface area contributed by atoms with Crippen LogP contribution in [0.15, 0.2) is 66.7 Å². The molecule has 0 saturated carbocycles. The minimum absolute atomic E-state index is 0.000785. The summed E-state index contributed by atoms with van der Waals surface area (Å²) in [7, 11) is 0. The van der Waals surface area contributed by atoms with Crippen LogP contribution in [0, 0.1) is 0 Å². The van der Waals surface area contributed by atoms with Crippen molar-refractivity contribution in [2.45, 2.75) is 36.8 Å². The summed E-state index contributed by atoms with van der Waals surface area (Å²) in [6.07, 6.45) is -9.43. The third-order valence-corrected chi connectivity index (χ3v) is 9.24. The average Bonchev–Trinajstić information content (AvgIpc) is 3.02. The Morgan fingerprint density at radius 2 is 1.41 bits per heavy atom. The molecule has 2 fully saturated rings. The summed E-state index contributed by atoms with van der Waals surface area (Å²) in [6, 6.07) is 13.8. The number of carbonyl (C=O) groups excluding carboxylic acids is 2. The number of likely N-dealkylation sites (tertiary alicyclic amines) is 1. The maximum atomic E-state index is 13.7. The molecule has 3 aromatic rings. The quantitative estimate of drug-likeness (QED) is 0.293. The predicted molar refractivity (Wildman–Crippen MR) is 159 cm³/mol. The summed E-state index contributed by atoms with van der Waals surface area (Å²) in [4.78, 5) is 31.7. The van der Waals surface area contributed by atoms with E-state index in [-0.39, 0.29) is 48.2 Å². The topological polar surface area (TPSA) is 64.1 Å². The van der Waals surface area contributed by atoms with E-state index < -0.39 is 46.6 Å². The number of carbonyl (C=O) groups is 2. The highest BCUT2D eigenvalue weighted by Crippen LogP contribution is 2.38. The Balaban J connectivity index is 1.36. The first kappa shape index (κ1) is 34.0. The second-order valence-electron chi connectivity index (χ2n) is 11.5. The average molecular weight is 688 g/mol. The van der Waals surface area contributed by atoms with Gasteiger partial charge >= 0.3 is 12.4 Å². The molecule has 1 unspecified atom stereocenters. The van der Waals surface area contributed by atoms with E-state index in [0.717, 1.165) is 10.5 Å². The second-order valence-corrected chi connectivity index (χ2v) is 12.3. The summed E-state index contributed by atoms with van der Waals surface area (Å²) in [5.74, 6) is -1.34. The molecular weight excluding hydrogens is 659 g/mol. The molecule has 2 amide bonds. The van der Waals surface area contributed by atoms with Crippen molar-refractivity contribution in [2.75, 3.05) is 39.3 Å². The Labute approximate surface area is 271 Å². The molecule has 5 rings (SSSR count). The highest BCUT2D eigenvalue weighted by Gasteiger charge is 2.40. The number of halogens is 8. The van der Waals surface area contributed by atoms with E-state index in [9.17, 15) is 41.0 Å². The number of piperidine rings is 1. The van der Waals surface area contributed by atoms with Gasteiger partial charge in [0.2, 0.25) is 5.91 Å². The van der Waals surface area contributed by atoms with Gasteiger partial charge in [0.05, 0.1) is 39.4 Å². The SMILES string of the molecule is O=C(c1cc(C(F)(F)F)cc(C(F)(F)F)c1)N1CCN(C(=O)CN2CCC(O)(c3ccccc3)CC2)C(c2ccc(Cl)c(Cl)c2)C1. The Kier molecular flexibility index (Phi) is 9.66. The predicted octanol–water partition coefficient (Wildman–Crippen LogP) is 7.04. The lowest BCUT2D eigenvalue weighted by Gasteiger charge is -2.43. The number of hydrogen-bond donors (Lipinski definition) is 1. The third-order valence-electron chi connectivity index (χ3n) is 8.50. The van der Waals surface area contributed by atoms with E-state index in [1.54, 1.807) is 6.07 Å². The van der Waals surface area contributed by atoms with Crippen LogP contribution in [0.25, 0.3) is 0 Å². The molecule has 0 radical (unpaired) electrons. The number of alkyl halides is 6. The minimum Gasteiger partial charge on any atom is -0.385 e.